The minimum atomic E-state index is -0.210. The molecule has 0 aromatic heterocycles. The van der Waals surface area contributed by atoms with Crippen molar-refractivity contribution in [1.82, 2.24) is 5.32 Å². The first-order valence-corrected chi connectivity index (χ1v) is 7.58. The van der Waals surface area contributed by atoms with Crippen LogP contribution in [-0.2, 0) is 14.3 Å². The van der Waals surface area contributed by atoms with Crippen LogP contribution in [0.15, 0.2) is 24.3 Å². The fourth-order valence-electron chi connectivity index (χ4n) is 2.86. The number of nitrogens with zero attached hydrogens (tertiary/aromatic N) is 1. The highest BCUT2D eigenvalue weighted by Crippen LogP contribution is 2.31. The Hall–Kier alpha value is -2.08. The van der Waals surface area contributed by atoms with Gasteiger partial charge in [-0.25, -0.2) is 0 Å². The third kappa shape index (κ3) is 3.06. The Kier molecular flexibility index (Phi) is 4.29. The standard InChI is InChI=1S/C16H20N2O4/c1-11(13-7-4-8-21-13)17-15(19)9-18-12-5-2-3-6-14(12)22-10-16(18)20/h2-3,5-6,11,13H,4,7-10H2,1H3,(H,17,19)/t11-,13+/m0/s1. The lowest BCUT2D eigenvalue weighted by molar-refractivity contribution is -0.126. The molecule has 2 atom stereocenters. The average molecular weight is 304 g/mol. The van der Waals surface area contributed by atoms with Gasteiger partial charge in [0.05, 0.1) is 17.8 Å². The molecule has 0 radical (unpaired) electrons. The van der Waals surface area contributed by atoms with Gasteiger partial charge in [0, 0.05) is 6.61 Å². The molecule has 118 valence electrons. The van der Waals surface area contributed by atoms with Crippen LogP contribution >= 0.6 is 0 Å². The summed E-state index contributed by atoms with van der Waals surface area (Å²) >= 11 is 0. The maximum absolute atomic E-state index is 12.2. The van der Waals surface area contributed by atoms with E-state index in [-0.39, 0.29) is 37.1 Å². The molecule has 6 nitrogen and oxygen atoms in total. The monoisotopic (exact) mass is 304 g/mol. The molecule has 1 saturated heterocycles. The van der Waals surface area contributed by atoms with Gasteiger partial charge in [-0.2, -0.15) is 0 Å². The average Bonchev–Trinajstić information content (AvgIpc) is 3.04. The molecule has 2 amide bonds. The molecule has 1 aromatic carbocycles. The third-order valence-corrected chi connectivity index (χ3v) is 4.02. The normalized spacial score (nSPS) is 22.0. The zero-order valence-corrected chi connectivity index (χ0v) is 12.6. The lowest BCUT2D eigenvalue weighted by Crippen LogP contribution is -2.49. The van der Waals surface area contributed by atoms with Crippen molar-refractivity contribution in [3.63, 3.8) is 0 Å². The molecule has 1 fully saturated rings. The number of hydrogen-bond donors (Lipinski definition) is 1. The predicted octanol–water partition coefficient (Wildman–Crippen LogP) is 1.10. The van der Waals surface area contributed by atoms with E-state index in [9.17, 15) is 9.59 Å². The molecule has 2 aliphatic rings. The molecule has 2 heterocycles. The summed E-state index contributed by atoms with van der Waals surface area (Å²) in [7, 11) is 0. The summed E-state index contributed by atoms with van der Waals surface area (Å²) in [6, 6.07) is 7.18. The van der Waals surface area contributed by atoms with Gasteiger partial charge in [-0.3, -0.25) is 14.5 Å². The van der Waals surface area contributed by atoms with Crippen molar-refractivity contribution in [1.29, 1.82) is 0 Å². The molecule has 1 aromatic rings. The van der Waals surface area contributed by atoms with E-state index >= 15 is 0 Å². The first kappa shape index (κ1) is 14.8. The van der Waals surface area contributed by atoms with Crippen molar-refractivity contribution < 1.29 is 19.1 Å². The van der Waals surface area contributed by atoms with E-state index in [1.807, 2.05) is 19.1 Å². The zero-order chi connectivity index (χ0) is 15.5. The molecule has 22 heavy (non-hydrogen) atoms. The number of ether oxygens (including phenoxy) is 2. The largest absolute Gasteiger partial charge is 0.482 e. The van der Waals surface area contributed by atoms with Crippen LogP contribution in [-0.4, -0.2) is 43.7 Å². The van der Waals surface area contributed by atoms with Crippen molar-refractivity contribution in [2.45, 2.75) is 31.9 Å². The fourth-order valence-corrected chi connectivity index (χ4v) is 2.86. The Morgan fingerprint density at radius 1 is 1.45 bits per heavy atom. The maximum atomic E-state index is 12.2. The van der Waals surface area contributed by atoms with Gasteiger partial charge in [-0.05, 0) is 31.9 Å². The highest BCUT2D eigenvalue weighted by molar-refractivity contribution is 6.02. The molecule has 1 N–H and O–H groups in total. The number of amides is 2. The van der Waals surface area contributed by atoms with Gasteiger partial charge in [0.2, 0.25) is 5.91 Å². The molecule has 2 aliphatic heterocycles. The van der Waals surface area contributed by atoms with E-state index in [2.05, 4.69) is 5.32 Å². The van der Waals surface area contributed by atoms with Gasteiger partial charge in [0.15, 0.2) is 6.61 Å². The quantitative estimate of drug-likeness (QED) is 0.904. The zero-order valence-electron chi connectivity index (χ0n) is 12.6. The van der Waals surface area contributed by atoms with E-state index < -0.39 is 0 Å². The number of hydrogen-bond acceptors (Lipinski definition) is 4. The number of anilines is 1. The number of carbonyl (C=O) groups is 2. The van der Waals surface area contributed by atoms with Crippen LogP contribution < -0.4 is 15.0 Å². The van der Waals surface area contributed by atoms with Crippen molar-refractivity contribution in [3.8, 4) is 5.75 Å². The highest BCUT2D eigenvalue weighted by atomic mass is 16.5. The molecule has 3 rings (SSSR count). The Morgan fingerprint density at radius 2 is 2.27 bits per heavy atom. The SMILES string of the molecule is C[C@H](NC(=O)CN1C(=O)COc2ccccc21)[C@H]1CCCO1. The second-order valence-electron chi connectivity index (χ2n) is 5.64. The minimum absolute atomic E-state index is 0.00370. The number of carbonyl (C=O) groups excluding carboxylic acids is 2. The van der Waals surface area contributed by atoms with Crippen LogP contribution in [0.1, 0.15) is 19.8 Å². The predicted molar refractivity (Wildman–Crippen MR) is 80.9 cm³/mol. The first-order valence-electron chi connectivity index (χ1n) is 7.58. The lowest BCUT2D eigenvalue weighted by atomic mass is 10.1. The van der Waals surface area contributed by atoms with Crippen molar-refractivity contribution in [2.75, 3.05) is 24.7 Å². The summed E-state index contributed by atoms with van der Waals surface area (Å²) in [5.41, 5.74) is 0.638. The van der Waals surface area contributed by atoms with Crippen LogP contribution in [0.3, 0.4) is 0 Å². The third-order valence-electron chi connectivity index (χ3n) is 4.02. The van der Waals surface area contributed by atoms with Crippen molar-refractivity contribution in [3.05, 3.63) is 24.3 Å². The summed E-state index contributed by atoms with van der Waals surface area (Å²) in [6.45, 7) is 2.64. The van der Waals surface area contributed by atoms with Gasteiger partial charge < -0.3 is 14.8 Å². The molecule has 0 bridgehead atoms. The Labute approximate surface area is 129 Å². The number of nitrogens with one attached hydrogen (secondary N) is 1. The van der Waals surface area contributed by atoms with Crippen molar-refractivity contribution >= 4 is 17.5 Å². The highest BCUT2D eigenvalue weighted by Gasteiger charge is 2.29. The summed E-state index contributed by atoms with van der Waals surface area (Å²) in [5.74, 6) is 0.230. The van der Waals surface area contributed by atoms with Gasteiger partial charge in [-0.15, -0.1) is 0 Å². The molecule has 0 aliphatic carbocycles. The first-order chi connectivity index (χ1) is 10.6. The van der Waals surface area contributed by atoms with Crippen LogP contribution in [0.25, 0.3) is 0 Å². The number of rotatable bonds is 4. The van der Waals surface area contributed by atoms with Crippen LogP contribution in [0.2, 0.25) is 0 Å². The van der Waals surface area contributed by atoms with Crippen molar-refractivity contribution in [2.24, 2.45) is 0 Å². The van der Waals surface area contributed by atoms with E-state index in [1.165, 1.54) is 4.90 Å². The van der Waals surface area contributed by atoms with Gasteiger partial charge in [0.25, 0.3) is 5.91 Å². The van der Waals surface area contributed by atoms with E-state index in [1.54, 1.807) is 12.1 Å². The number of para-hydroxylation sites is 2. The number of fused-ring (bicyclic) bond motifs is 1. The molecule has 0 spiro atoms. The lowest BCUT2D eigenvalue weighted by Gasteiger charge is -2.29. The molecular formula is C16H20N2O4. The van der Waals surface area contributed by atoms with E-state index in [0.29, 0.717) is 11.4 Å². The molecular weight excluding hydrogens is 284 g/mol. The maximum Gasteiger partial charge on any atom is 0.265 e. The summed E-state index contributed by atoms with van der Waals surface area (Å²) in [4.78, 5) is 25.7. The van der Waals surface area contributed by atoms with E-state index in [0.717, 1.165) is 19.4 Å². The second kappa shape index (κ2) is 6.36. The van der Waals surface area contributed by atoms with Crippen LogP contribution in [0, 0.1) is 0 Å². The summed E-state index contributed by atoms with van der Waals surface area (Å²) < 4.78 is 10.9. The van der Waals surface area contributed by atoms with Gasteiger partial charge in [0.1, 0.15) is 12.3 Å². The number of benzene rings is 1. The smallest absolute Gasteiger partial charge is 0.265 e. The Morgan fingerprint density at radius 3 is 3.05 bits per heavy atom. The van der Waals surface area contributed by atoms with E-state index in [4.69, 9.17) is 9.47 Å². The van der Waals surface area contributed by atoms with Crippen LogP contribution in [0.5, 0.6) is 5.75 Å². The molecule has 0 unspecified atom stereocenters. The Bertz CT molecular complexity index is 569. The Balaban J connectivity index is 1.64. The molecule has 6 heteroatoms. The fraction of sp³-hybridized carbons (Fsp3) is 0.500. The topological polar surface area (TPSA) is 67.9 Å². The summed E-state index contributed by atoms with van der Waals surface area (Å²) in [5, 5.41) is 2.92. The van der Waals surface area contributed by atoms with Crippen LogP contribution in [0.4, 0.5) is 5.69 Å². The molecule has 0 saturated carbocycles. The van der Waals surface area contributed by atoms with Gasteiger partial charge >= 0.3 is 0 Å². The minimum Gasteiger partial charge on any atom is -0.482 e. The summed E-state index contributed by atoms with van der Waals surface area (Å²) in [6.07, 6.45) is 2.05. The second-order valence-corrected chi connectivity index (χ2v) is 5.64. The van der Waals surface area contributed by atoms with Gasteiger partial charge in [-0.1, -0.05) is 12.1 Å².